The summed E-state index contributed by atoms with van der Waals surface area (Å²) in [5.74, 6) is 0.794. The van der Waals surface area contributed by atoms with Gasteiger partial charge in [-0.3, -0.25) is 4.79 Å². The zero-order chi connectivity index (χ0) is 22.0. The van der Waals surface area contributed by atoms with Crippen LogP contribution in [0, 0.1) is 6.92 Å². The lowest BCUT2D eigenvalue weighted by atomic mass is 10.1. The number of methoxy groups -OCH3 is 1. The third kappa shape index (κ3) is 4.40. The van der Waals surface area contributed by atoms with Crippen LogP contribution >= 0.6 is 23.2 Å². The largest absolute Gasteiger partial charge is 0.497 e. The summed E-state index contributed by atoms with van der Waals surface area (Å²) in [4.78, 5) is 17.4. The number of anilines is 1. The van der Waals surface area contributed by atoms with Crippen molar-refractivity contribution in [2.45, 2.75) is 6.92 Å². The Morgan fingerprint density at radius 1 is 1.00 bits per heavy atom. The molecule has 0 aliphatic carbocycles. The van der Waals surface area contributed by atoms with Gasteiger partial charge in [0.2, 0.25) is 5.82 Å². The Labute approximate surface area is 189 Å². The molecule has 3 aromatic carbocycles. The van der Waals surface area contributed by atoms with E-state index in [0.29, 0.717) is 27.3 Å². The summed E-state index contributed by atoms with van der Waals surface area (Å²) >= 11 is 12.4. The van der Waals surface area contributed by atoms with E-state index in [2.05, 4.69) is 15.4 Å². The maximum absolute atomic E-state index is 12.9. The third-order valence-corrected chi connectivity index (χ3v) is 5.39. The summed E-state index contributed by atoms with van der Waals surface area (Å²) in [5, 5.41) is 8.50. The quantitative estimate of drug-likeness (QED) is 0.414. The monoisotopic (exact) mass is 452 g/mol. The van der Waals surface area contributed by atoms with E-state index in [4.69, 9.17) is 27.9 Å². The summed E-state index contributed by atoms with van der Waals surface area (Å²) in [7, 11) is 1.58. The Balaban J connectivity index is 1.76. The molecule has 31 heavy (non-hydrogen) atoms. The number of hydrogen-bond donors (Lipinski definition) is 1. The zero-order valence-corrected chi connectivity index (χ0v) is 18.3. The van der Waals surface area contributed by atoms with Crippen molar-refractivity contribution in [3.05, 3.63) is 88.2 Å². The van der Waals surface area contributed by atoms with Gasteiger partial charge in [-0.05, 0) is 73.2 Å². The van der Waals surface area contributed by atoms with Crippen LogP contribution in [0.2, 0.25) is 10.0 Å². The number of rotatable bonds is 5. The van der Waals surface area contributed by atoms with E-state index in [9.17, 15) is 4.79 Å². The molecule has 0 atom stereocenters. The lowest BCUT2D eigenvalue weighted by Gasteiger charge is -2.10. The van der Waals surface area contributed by atoms with E-state index in [1.54, 1.807) is 54.3 Å². The van der Waals surface area contributed by atoms with Crippen LogP contribution in [-0.4, -0.2) is 27.8 Å². The van der Waals surface area contributed by atoms with E-state index in [-0.39, 0.29) is 5.82 Å². The molecular formula is C23H18Cl2N4O2. The normalized spacial score (nSPS) is 10.7. The zero-order valence-electron chi connectivity index (χ0n) is 16.8. The number of nitrogens with one attached hydrogen (secondary N) is 1. The first-order valence-corrected chi connectivity index (χ1v) is 10.2. The van der Waals surface area contributed by atoms with Crippen LogP contribution in [0.3, 0.4) is 0 Å². The third-order valence-electron chi connectivity index (χ3n) is 4.73. The van der Waals surface area contributed by atoms with Gasteiger partial charge in [-0.2, -0.15) is 0 Å². The Bertz CT molecular complexity index is 1240. The Morgan fingerprint density at radius 2 is 1.71 bits per heavy atom. The Morgan fingerprint density at radius 3 is 2.39 bits per heavy atom. The van der Waals surface area contributed by atoms with E-state index in [0.717, 1.165) is 16.8 Å². The van der Waals surface area contributed by atoms with Gasteiger partial charge in [0.1, 0.15) is 5.75 Å². The molecule has 4 rings (SSSR count). The van der Waals surface area contributed by atoms with Gasteiger partial charge < -0.3 is 10.1 Å². The number of aromatic nitrogens is 3. The van der Waals surface area contributed by atoms with Crippen LogP contribution in [0.15, 0.2) is 66.7 Å². The molecule has 1 heterocycles. The van der Waals surface area contributed by atoms with Crippen LogP contribution in [0.1, 0.15) is 16.2 Å². The minimum Gasteiger partial charge on any atom is -0.497 e. The highest BCUT2D eigenvalue weighted by molar-refractivity contribution is 6.31. The average molecular weight is 453 g/mol. The van der Waals surface area contributed by atoms with Gasteiger partial charge in [0.15, 0.2) is 5.82 Å². The molecule has 0 aliphatic heterocycles. The molecule has 156 valence electrons. The predicted octanol–water partition coefficient (Wildman–Crippen LogP) is 5.81. The van der Waals surface area contributed by atoms with E-state index in [1.165, 1.54) is 0 Å². The van der Waals surface area contributed by atoms with Gasteiger partial charge in [0.05, 0.1) is 12.8 Å². The lowest BCUT2D eigenvalue weighted by Crippen LogP contribution is -2.14. The molecule has 0 radical (unpaired) electrons. The second kappa shape index (κ2) is 8.79. The maximum atomic E-state index is 12.9. The van der Waals surface area contributed by atoms with Crippen molar-refractivity contribution in [1.82, 2.24) is 14.8 Å². The fraction of sp³-hybridized carbons (Fsp3) is 0.0870. The van der Waals surface area contributed by atoms with Gasteiger partial charge in [0.25, 0.3) is 5.91 Å². The van der Waals surface area contributed by atoms with Gasteiger partial charge in [-0.15, -0.1) is 5.10 Å². The van der Waals surface area contributed by atoms with Crippen molar-refractivity contribution in [3.8, 4) is 22.8 Å². The van der Waals surface area contributed by atoms with E-state index >= 15 is 0 Å². The number of ether oxygens (including phenoxy) is 1. The SMILES string of the molecule is COc1ccc(NC(=O)c2nc(-c3ccc(Cl)cc3)n(-c3cccc(Cl)c3C)n2)cc1. The molecule has 6 nitrogen and oxygen atoms in total. The molecule has 0 unspecified atom stereocenters. The number of benzene rings is 3. The lowest BCUT2D eigenvalue weighted by molar-refractivity contribution is 0.101. The van der Waals surface area contributed by atoms with Crippen molar-refractivity contribution in [2.75, 3.05) is 12.4 Å². The van der Waals surface area contributed by atoms with E-state index in [1.807, 2.05) is 31.2 Å². The molecule has 0 saturated carbocycles. The smallest absolute Gasteiger partial charge is 0.295 e. The van der Waals surface area contributed by atoms with Crippen LogP contribution in [0.25, 0.3) is 17.1 Å². The average Bonchev–Trinajstić information content (AvgIpc) is 3.22. The highest BCUT2D eigenvalue weighted by Gasteiger charge is 2.20. The topological polar surface area (TPSA) is 69.0 Å². The van der Waals surface area contributed by atoms with Gasteiger partial charge in [-0.1, -0.05) is 29.3 Å². The van der Waals surface area contributed by atoms with Gasteiger partial charge in [0, 0.05) is 21.3 Å². The van der Waals surface area contributed by atoms with Crippen LogP contribution < -0.4 is 10.1 Å². The van der Waals surface area contributed by atoms with Crippen molar-refractivity contribution < 1.29 is 9.53 Å². The first-order chi connectivity index (χ1) is 15.0. The summed E-state index contributed by atoms with van der Waals surface area (Å²) in [6.45, 7) is 1.89. The number of halogens is 2. The number of amides is 1. The first-order valence-electron chi connectivity index (χ1n) is 9.40. The van der Waals surface area contributed by atoms with Crippen molar-refractivity contribution in [2.24, 2.45) is 0 Å². The summed E-state index contributed by atoms with van der Waals surface area (Å²) in [6, 6.07) is 19.7. The summed E-state index contributed by atoms with van der Waals surface area (Å²) in [5.41, 5.74) is 2.92. The van der Waals surface area contributed by atoms with Gasteiger partial charge in [-0.25, -0.2) is 9.67 Å². The predicted molar refractivity (Wildman–Crippen MR) is 122 cm³/mol. The fourth-order valence-corrected chi connectivity index (χ4v) is 3.34. The van der Waals surface area contributed by atoms with Crippen molar-refractivity contribution in [1.29, 1.82) is 0 Å². The Kier molecular flexibility index (Phi) is 5.93. The molecule has 0 spiro atoms. The van der Waals surface area contributed by atoms with Crippen LogP contribution in [0.4, 0.5) is 5.69 Å². The highest BCUT2D eigenvalue weighted by Crippen LogP contribution is 2.27. The van der Waals surface area contributed by atoms with Gasteiger partial charge >= 0.3 is 0 Å². The molecule has 1 N–H and O–H groups in total. The Hall–Kier alpha value is -3.35. The molecule has 4 aromatic rings. The highest BCUT2D eigenvalue weighted by atomic mass is 35.5. The second-order valence-corrected chi connectivity index (χ2v) is 7.59. The fourth-order valence-electron chi connectivity index (χ4n) is 3.05. The molecular weight excluding hydrogens is 435 g/mol. The van der Waals surface area contributed by atoms with Crippen LogP contribution in [-0.2, 0) is 0 Å². The number of carbonyl (C=O) groups is 1. The molecule has 1 amide bonds. The minimum absolute atomic E-state index is 0.0279. The summed E-state index contributed by atoms with van der Waals surface area (Å²) < 4.78 is 6.76. The molecule has 8 heteroatoms. The number of nitrogens with zero attached hydrogens (tertiary/aromatic N) is 3. The summed E-state index contributed by atoms with van der Waals surface area (Å²) in [6.07, 6.45) is 0. The molecule has 1 aromatic heterocycles. The standard InChI is InChI=1S/C23H18Cl2N4O2/c1-14-19(25)4-3-5-20(14)29-22(15-6-8-16(24)9-7-15)27-21(28-29)23(30)26-17-10-12-18(31-2)13-11-17/h3-13H,1-2H3,(H,26,30). The second-order valence-electron chi connectivity index (χ2n) is 6.74. The van der Waals surface area contributed by atoms with Crippen molar-refractivity contribution >= 4 is 34.8 Å². The first kappa shape index (κ1) is 20.9. The maximum Gasteiger partial charge on any atom is 0.295 e. The molecule has 0 saturated heterocycles. The molecule has 0 fully saturated rings. The van der Waals surface area contributed by atoms with E-state index < -0.39 is 5.91 Å². The van der Waals surface area contributed by atoms with Crippen LogP contribution in [0.5, 0.6) is 5.75 Å². The number of hydrogen-bond acceptors (Lipinski definition) is 4. The van der Waals surface area contributed by atoms with Crippen molar-refractivity contribution in [3.63, 3.8) is 0 Å². The number of carbonyl (C=O) groups excluding carboxylic acids is 1. The molecule has 0 aliphatic rings. The molecule has 0 bridgehead atoms. The minimum atomic E-state index is -0.432.